The summed E-state index contributed by atoms with van der Waals surface area (Å²) >= 11 is 1.97. The van der Waals surface area contributed by atoms with Gasteiger partial charge in [0, 0.05) is 23.6 Å². The molecule has 2 rings (SSSR count). The van der Waals surface area contributed by atoms with Gasteiger partial charge in [-0.05, 0) is 0 Å². The largest absolute Gasteiger partial charge is 0.360 e. The Bertz CT molecular complexity index is 208. The van der Waals surface area contributed by atoms with Crippen LogP contribution < -0.4 is 5.32 Å². The first-order chi connectivity index (χ1) is 5.45. The summed E-state index contributed by atoms with van der Waals surface area (Å²) in [5, 5.41) is 6.99. The van der Waals surface area contributed by atoms with Gasteiger partial charge in [0.05, 0.1) is 12.7 Å². The maximum Gasteiger partial charge on any atom is 0.150 e. The van der Waals surface area contributed by atoms with Gasteiger partial charge < -0.3 is 9.84 Å². The zero-order valence-electron chi connectivity index (χ0n) is 6.12. The summed E-state index contributed by atoms with van der Waals surface area (Å²) in [4.78, 5) is 0. The van der Waals surface area contributed by atoms with Crippen molar-refractivity contribution in [2.24, 2.45) is 0 Å². The Hall–Kier alpha value is -0.480. The van der Waals surface area contributed by atoms with E-state index in [0.29, 0.717) is 6.04 Å². The van der Waals surface area contributed by atoms with Gasteiger partial charge in [-0.3, -0.25) is 0 Å². The van der Waals surface area contributed by atoms with Crippen LogP contribution in [0, 0.1) is 0 Å². The second kappa shape index (κ2) is 3.28. The Kier molecular flexibility index (Phi) is 2.14. The molecule has 1 aliphatic heterocycles. The summed E-state index contributed by atoms with van der Waals surface area (Å²) in [6.45, 7) is 0.811. The lowest BCUT2D eigenvalue weighted by Crippen LogP contribution is -2.39. The van der Waals surface area contributed by atoms with Crippen LogP contribution in [-0.2, 0) is 6.54 Å². The molecule has 60 valence electrons. The molecular formula is C7H10N2OS. The van der Waals surface area contributed by atoms with Crippen LogP contribution in [0.25, 0.3) is 0 Å². The molecule has 1 N–H and O–H groups in total. The maximum absolute atomic E-state index is 4.93. The van der Waals surface area contributed by atoms with Crippen molar-refractivity contribution in [3.63, 3.8) is 0 Å². The monoisotopic (exact) mass is 170 g/mol. The van der Waals surface area contributed by atoms with Gasteiger partial charge in [0.1, 0.15) is 5.76 Å². The van der Waals surface area contributed by atoms with E-state index in [1.165, 1.54) is 11.5 Å². The molecule has 1 aromatic heterocycles. The van der Waals surface area contributed by atoms with E-state index in [1.54, 1.807) is 6.20 Å². The molecule has 0 amide bonds. The molecule has 2 heterocycles. The van der Waals surface area contributed by atoms with Crippen LogP contribution in [-0.4, -0.2) is 22.7 Å². The van der Waals surface area contributed by atoms with E-state index in [-0.39, 0.29) is 0 Å². The van der Waals surface area contributed by atoms with Gasteiger partial charge in [0.2, 0.25) is 0 Å². The van der Waals surface area contributed by atoms with Crippen LogP contribution >= 0.6 is 11.8 Å². The average Bonchev–Trinajstić information content (AvgIpc) is 2.36. The van der Waals surface area contributed by atoms with Gasteiger partial charge in [-0.15, -0.1) is 0 Å². The van der Waals surface area contributed by atoms with Gasteiger partial charge in [0.25, 0.3) is 0 Å². The Morgan fingerprint density at radius 3 is 3.18 bits per heavy atom. The predicted octanol–water partition coefficient (Wildman–Crippen LogP) is 0.880. The van der Waals surface area contributed by atoms with E-state index >= 15 is 0 Å². The van der Waals surface area contributed by atoms with Crippen molar-refractivity contribution in [1.29, 1.82) is 0 Å². The fraction of sp³-hybridized carbons (Fsp3) is 0.571. The van der Waals surface area contributed by atoms with E-state index in [4.69, 9.17) is 4.52 Å². The van der Waals surface area contributed by atoms with Gasteiger partial charge in [-0.25, -0.2) is 0 Å². The smallest absolute Gasteiger partial charge is 0.150 e. The SMILES string of the molecule is c1cc(CNC2CSC2)on1. The molecule has 4 heteroatoms. The zero-order chi connectivity index (χ0) is 7.52. The van der Waals surface area contributed by atoms with Crippen molar-refractivity contribution < 1.29 is 4.52 Å². The van der Waals surface area contributed by atoms with Crippen LogP contribution in [0.1, 0.15) is 5.76 Å². The number of nitrogens with one attached hydrogen (secondary N) is 1. The van der Waals surface area contributed by atoms with Gasteiger partial charge >= 0.3 is 0 Å². The lowest BCUT2D eigenvalue weighted by Gasteiger charge is -2.25. The Morgan fingerprint density at radius 2 is 2.64 bits per heavy atom. The minimum absolute atomic E-state index is 0.685. The molecule has 0 aliphatic carbocycles. The van der Waals surface area contributed by atoms with Crippen LogP contribution in [0.15, 0.2) is 16.8 Å². The molecule has 0 radical (unpaired) electrons. The summed E-state index contributed by atoms with van der Waals surface area (Å²) in [7, 11) is 0. The van der Waals surface area contributed by atoms with Crippen molar-refractivity contribution in [2.75, 3.05) is 11.5 Å². The van der Waals surface area contributed by atoms with Crippen LogP contribution in [0.3, 0.4) is 0 Å². The highest BCUT2D eigenvalue weighted by atomic mass is 32.2. The fourth-order valence-corrected chi connectivity index (χ4v) is 1.64. The summed E-state index contributed by atoms with van der Waals surface area (Å²) in [5.74, 6) is 3.38. The second-order valence-electron chi connectivity index (χ2n) is 2.59. The molecule has 1 saturated heterocycles. The molecular weight excluding hydrogens is 160 g/mol. The highest BCUT2D eigenvalue weighted by Gasteiger charge is 2.17. The van der Waals surface area contributed by atoms with E-state index in [0.717, 1.165) is 12.3 Å². The molecule has 1 aliphatic rings. The molecule has 0 unspecified atom stereocenters. The normalized spacial score (nSPS) is 18.2. The molecule has 0 spiro atoms. The third kappa shape index (κ3) is 1.75. The number of aromatic nitrogens is 1. The van der Waals surface area contributed by atoms with Crippen LogP contribution in [0.2, 0.25) is 0 Å². The number of thioether (sulfide) groups is 1. The first-order valence-corrected chi connectivity index (χ1v) is 4.81. The fourth-order valence-electron chi connectivity index (χ4n) is 0.932. The third-order valence-corrected chi connectivity index (χ3v) is 2.97. The molecule has 1 aromatic rings. The van der Waals surface area contributed by atoms with E-state index in [9.17, 15) is 0 Å². The van der Waals surface area contributed by atoms with Crippen molar-refractivity contribution in [2.45, 2.75) is 12.6 Å². The predicted molar refractivity (Wildman–Crippen MR) is 44.5 cm³/mol. The minimum Gasteiger partial charge on any atom is -0.360 e. The molecule has 0 saturated carbocycles. The Labute approximate surface area is 69.5 Å². The lowest BCUT2D eigenvalue weighted by molar-refractivity contribution is 0.367. The molecule has 0 aromatic carbocycles. The zero-order valence-corrected chi connectivity index (χ0v) is 6.93. The summed E-state index contributed by atoms with van der Waals surface area (Å²) in [6, 6.07) is 2.57. The summed E-state index contributed by atoms with van der Waals surface area (Å²) in [6.07, 6.45) is 1.67. The van der Waals surface area contributed by atoms with Gasteiger partial charge in [-0.1, -0.05) is 5.16 Å². The van der Waals surface area contributed by atoms with Crippen molar-refractivity contribution in [1.82, 2.24) is 10.5 Å². The third-order valence-electron chi connectivity index (χ3n) is 1.69. The lowest BCUT2D eigenvalue weighted by atomic mass is 10.3. The summed E-state index contributed by atoms with van der Waals surface area (Å²) in [5.41, 5.74) is 0. The number of hydrogen-bond donors (Lipinski definition) is 1. The highest BCUT2D eigenvalue weighted by molar-refractivity contribution is 8.00. The van der Waals surface area contributed by atoms with Gasteiger partial charge in [0.15, 0.2) is 0 Å². The quantitative estimate of drug-likeness (QED) is 0.730. The molecule has 0 bridgehead atoms. The molecule has 11 heavy (non-hydrogen) atoms. The van der Waals surface area contributed by atoms with Crippen LogP contribution in [0.5, 0.6) is 0 Å². The van der Waals surface area contributed by atoms with Crippen molar-refractivity contribution in [3.8, 4) is 0 Å². The molecule has 0 atom stereocenters. The standard InChI is InChI=1S/C7H10N2OS/c1-2-9-10-7(1)3-8-6-4-11-5-6/h1-2,6,8H,3-5H2. The maximum atomic E-state index is 4.93. The van der Waals surface area contributed by atoms with Crippen molar-refractivity contribution in [3.05, 3.63) is 18.0 Å². The van der Waals surface area contributed by atoms with E-state index in [1.807, 2.05) is 17.8 Å². The van der Waals surface area contributed by atoms with E-state index < -0.39 is 0 Å². The summed E-state index contributed by atoms with van der Waals surface area (Å²) < 4.78 is 4.93. The van der Waals surface area contributed by atoms with Crippen molar-refractivity contribution >= 4 is 11.8 Å². The minimum atomic E-state index is 0.685. The average molecular weight is 170 g/mol. The number of rotatable bonds is 3. The van der Waals surface area contributed by atoms with Crippen LogP contribution in [0.4, 0.5) is 0 Å². The highest BCUT2D eigenvalue weighted by Crippen LogP contribution is 2.17. The first kappa shape index (κ1) is 7.18. The Balaban J connectivity index is 1.74. The van der Waals surface area contributed by atoms with Gasteiger partial charge in [-0.2, -0.15) is 11.8 Å². The Morgan fingerprint density at radius 1 is 1.73 bits per heavy atom. The first-order valence-electron chi connectivity index (χ1n) is 3.66. The van der Waals surface area contributed by atoms with E-state index in [2.05, 4.69) is 10.5 Å². The molecule has 1 fully saturated rings. The second-order valence-corrected chi connectivity index (χ2v) is 3.67. The number of nitrogens with zero attached hydrogens (tertiary/aromatic N) is 1. The topological polar surface area (TPSA) is 38.1 Å². The number of hydrogen-bond acceptors (Lipinski definition) is 4. The molecule has 3 nitrogen and oxygen atoms in total.